The van der Waals surface area contributed by atoms with Crippen LogP contribution in [0, 0.1) is 12.8 Å². The van der Waals surface area contributed by atoms with Crippen LogP contribution in [0.4, 0.5) is 0 Å². The van der Waals surface area contributed by atoms with Crippen molar-refractivity contribution in [3.63, 3.8) is 0 Å². The summed E-state index contributed by atoms with van der Waals surface area (Å²) in [6.45, 7) is 4.61. The zero-order valence-corrected chi connectivity index (χ0v) is 19.2. The van der Waals surface area contributed by atoms with Gasteiger partial charge in [0.25, 0.3) is 5.91 Å². The van der Waals surface area contributed by atoms with E-state index in [1.807, 2.05) is 25.1 Å². The Hall–Kier alpha value is -3.22. The molecule has 2 aliphatic rings. The first kappa shape index (κ1) is 23.0. The second-order valence-corrected chi connectivity index (χ2v) is 8.99. The van der Waals surface area contributed by atoms with Gasteiger partial charge in [0.2, 0.25) is 12.5 Å². The van der Waals surface area contributed by atoms with E-state index in [2.05, 4.69) is 18.3 Å². The second-order valence-electron chi connectivity index (χ2n) is 8.99. The predicted molar refractivity (Wildman–Crippen MR) is 123 cm³/mol. The van der Waals surface area contributed by atoms with Crippen molar-refractivity contribution in [3.05, 3.63) is 53.1 Å². The predicted octanol–water partition coefficient (Wildman–Crippen LogP) is 4.50. The number of fused-ring (bicyclic) bond motifs is 1. The number of carbonyl (C=O) groups excluding carboxylic acids is 1. The second kappa shape index (κ2) is 9.73. The smallest absolute Gasteiger partial charge is 0.329 e. The number of carboxylic acid groups (broad SMARTS) is 1. The number of nitrogens with one attached hydrogen (secondary N) is 1. The summed E-state index contributed by atoms with van der Waals surface area (Å²) < 4.78 is 17.0. The first-order chi connectivity index (χ1) is 15.9. The number of hydrogen-bond donors (Lipinski definition) is 2. The molecular weight excluding hydrogens is 422 g/mol. The van der Waals surface area contributed by atoms with E-state index >= 15 is 0 Å². The van der Waals surface area contributed by atoms with Crippen molar-refractivity contribution >= 4 is 11.9 Å². The summed E-state index contributed by atoms with van der Waals surface area (Å²) in [5.74, 6) is 0.379. The molecule has 1 amide bonds. The van der Waals surface area contributed by atoms with Crippen LogP contribution in [0.3, 0.4) is 0 Å². The molecular formula is C26H31NO6. The molecule has 0 radical (unpaired) electrons. The van der Waals surface area contributed by atoms with E-state index in [-0.39, 0.29) is 6.79 Å². The van der Waals surface area contributed by atoms with E-state index in [9.17, 15) is 14.7 Å². The molecule has 7 heteroatoms. The molecule has 4 rings (SSSR count). The number of aryl methyl sites for hydroxylation is 1. The molecule has 176 valence electrons. The summed E-state index contributed by atoms with van der Waals surface area (Å²) >= 11 is 0. The summed E-state index contributed by atoms with van der Waals surface area (Å²) in [4.78, 5) is 25.2. The van der Waals surface area contributed by atoms with Crippen LogP contribution in [0.2, 0.25) is 0 Å². The molecule has 0 saturated heterocycles. The molecule has 1 fully saturated rings. The Morgan fingerprint density at radius 3 is 2.67 bits per heavy atom. The maximum atomic E-state index is 13.1. The van der Waals surface area contributed by atoms with Crippen molar-refractivity contribution in [2.45, 2.75) is 57.9 Å². The van der Waals surface area contributed by atoms with Crippen LogP contribution in [-0.4, -0.2) is 35.9 Å². The average molecular weight is 454 g/mol. The van der Waals surface area contributed by atoms with E-state index in [0.29, 0.717) is 54.6 Å². The van der Waals surface area contributed by atoms with Gasteiger partial charge in [0, 0.05) is 12.0 Å². The highest BCUT2D eigenvalue weighted by atomic mass is 16.7. The first-order valence-corrected chi connectivity index (χ1v) is 11.6. The highest BCUT2D eigenvalue weighted by molar-refractivity contribution is 5.99. The van der Waals surface area contributed by atoms with Crippen LogP contribution in [0.1, 0.15) is 60.5 Å². The van der Waals surface area contributed by atoms with Gasteiger partial charge in [-0.1, -0.05) is 43.2 Å². The van der Waals surface area contributed by atoms with E-state index in [1.165, 1.54) is 5.56 Å². The van der Waals surface area contributed by atoms with E-state index in [1.54, 1.807) is 12.1 Å². The van der Waals surface area contributed by atoms with Gasteiger partial charge >= 0.3 is 5.97 Å². The lowest BCUT2D eigenvalue weighted by atomic mass is 9.75. The quantitative estimate of drug-likeness (QED) is 0.611. The zero-order valence-electron chi connectivity index (χ0n) is 19.2. The van der Waals surface area contributed by atoms with Gasteiger partial charge < -0.3 is 24.6 Å². The Kier molecular flexibility index (Phi) is 6.77. The van der Waals surface area contributed by atoms with Crippen molar-refractivity contribution < 1.29 is 28.9 Å². The molecule has 2 aromatic carbocycles. The molecule has 0 bridgehead atoms. The minimum Gasteiger partial charge on any atom is -0.489 e. The first-order valence-electron chi connectivity index (χ1n) is 11.6. The Balaban J connectivity index is 1.49. The van der Waals surface area contributed by atoms with E-state index in [0.717, 1.165) is 24.8 Å². The van der Waals surface area contributed by atoms with E-state index < -0.39 is 17.4 Å². The average Bonchev–Trinajstić information content (AvgIpc) is 3.28. The SMILES string of the molecule is CC[C@H]1CC[C@](NC(=O)c2cc(OCCc3cccc(C)c3)c3c(c2)OCO3)(C(=O)O)CC1. The summed E-state index contributed by atoms with van der Waals surface area (Å²) in [7, 11) is 0. The number of rotatable bonds is 8. The number of amides is 1. The van der Waals surface area contributed by atoms with Crippen molar-refractivity contribution in [2.24, 2.45) is 5.92 Å². The molecule has 7 nitrogen and oxygen atoms in total. The van der Waals surface area contributed by atoms with Gasteiger partial charge in [-0.2, -0.15) is 0 Å². The molecule has 33 heavy (non-hydrogen) atoms. The number of aliphatic carboxylic acids is 1. The third-order valence-corrected chi connectivity index (χ3v) is 6.73. The Labute approximate surface area is 194 Å². The molecule has 2 N–H and O–H groups in total. The van der Waals surface area contributed by atoms with Crippen molar-refractivity contribution in [2.75, 3.05) is 13.4 Å². The minimum atomic E-state index is -1.24. The van der Waals surface area contributed by atoms with Gasteiger partial charge in [0.15, 0.2) is 11.5 Å². The number of ether oxygens (including phenoxy) is 3. The Morgan fingerprint density at radius 1 is 1.18 bits per heavy atom. The minimum absolute atomic E-state index is 0.0477. The van der Waals surface area contributed by atoms with Crippen LogP contribution >= 0.6 is 0 Å². The van der Waals surface area contributed by atoms with Crippen LogP contribution in [0.5, 0.6) is 17.2 Å². The third-order valence-electron chi connectivity index (χ3n) is 6.73. The Bertz CT molecular complexity index is 1030. The van der Waals surface area contributed by atoms with Gasteiger partial charge in [-0.05, 0) is 56.2 Å². The fourth-order valence-electron chi connectivity index (χ4n) is 4.62. The van der Waals surface area contributed by atoms with Crippen LogP contribution in [0.25, 0.3) is 0 Å². The highest BCUT2D eigenvalue weighted by Crippen LogP contribution is 2.42. The number of carbonyl (C=O) groups is 2. The molecule has 0 atom stereocenters. The molecule has 0 unspecified atom stereocenters. The van der Waals surface area contributed by atoms with Crippen molar-refractivity contribution in [3.8, 4) is 17.2 Å². The summed E-state index contributed by atoms with van der Waals surface area (Å²) in [6, 6.07) is 11.4. The molecule has 0 aromatic heterocycles. The monoisotopic (exact) mass is 453 g/mol. The molecule has 1 aliphatic carbocycles. The lowest BCUT2D eigenvalue weighted by Crippen LogP contribution is -2.56. The number of benzene rings is 2. The standard InChI is InChI=1S/C26H31NO6/c1-3-18-7-10-26(11-8-18,25(29)30)27-24(28)20-14-21(23-22(15-20)32-16-33-23)31-12-9-19-6-4-5-17(2)13-19/h4-6,13-15,18H,3,7-12,16H2,1-2H3,(H,27,28)(H,29,30)/t18-,26+. The maximum Gasteiger partial charge on any atom is 0.329 e. The van der Waals surface area contributed by atoms with Crippen LogP contribution in [0.15, 0.2) is 36.4 Å². The number of carboxylic acids is 1. The van der Waals surface area contributed by atoms with E-state index in [4.69, 9.17) is 14.2 Å². The zero-order chi connectivity index (χ0) is 23.4. The van der Waals surface area contributed by atoms with Gasteiger partial charge in [0.05, 0.1) is 6.61 Å². The molecule has 1 heterocycles. The fourth-order valence-corrected chi connectivity index (χ4v) is 4.62. The Morgan fingerprint density at radius 2 is 1.97 bits per heavy atom. The van der Waals surface area contributed by atoms with Gasteiger partial charge in [0.1, 0.15) is 5.54 Å². The fraction of sp³-hybridized carbons (Fsp3) is 0.462. The largest absolute Gasteiger partial charge is 0.489 e. The van der Waals surface area contributed by atoms with Crippen molar-refractivity contribution in [1.82, 2.24) is 5.32 Å². The third kappa shape index (κ3) is 5.07. The van der Waals surface area contributed by atoms with Gasteiger partial charge in [-0.15, -0.1) is 0 Å². The molecule has 1 aliphatic heterocycles. The maximum absolute atomic E-state index is 13.1. The molecule has 0 spiro atoms. The summed E-state index contributed by atoms with van der Waals surface area (Å²) in [6.07, 6.45) is 4.16. The van der Waals surface area contributed by atoms with Crippen LogP contribution in [-0.2, 0) is 11.2 Å². The van der Waals surface area contributed by atoms with Crippen LogP contribution < -0.4 is 19.5 Å². The van der Waals surface area contributed by atoms with Gasteiger partial charge in [-0.25, -0.2) is 4.79 Å². The topological polar surface area (TPSA) is 94.1 Å². The lowest BCUT2D eigenvalue weighted by Gasteiger charge is -2.37. The molecule has 2 aromatic rings. The van der Waals surface area contributed by atoms with Crippen molar-refractivity contribution in [1.29, 1.82) is 0 Å². The number of hydrogen-bond acceptors (Lipinski definition) is 5. The summed E-state index contributed by atoms with van der Waals surface area (Å²) in [5.41, 5.74) is 1.39. The summed E-state index contributed by atoms with van der Waals surface area (Å²) in [5, 5.41) is 12.7. The highest BCUT2D eigenvalue weighted by Gasteiger charge is 2.43. The normalized spacial score (nSPS) is 21.5. The molecule has 1 saturated carbocycles. The lowest BCUT2D eigenvalue weighted by molar-refractivity contribution is -0.146. The van der Waals surface area contributed by atoms with Gasteiger partial charge in [-0.3, -0.25) is 4.79 Å².